The highest BCUT2D eigenvalue weighted by atomic mass is 16.5. The molecule has 134 valence electrons. The third-order valence-corrected chi connectivity index (χ3v) is 3.22. The molecule has 2 rings (SSSR count). The minimum Gasteiger partial charge on any atom is -0.493 e. The van der Waals surface area contributed by atoms with Crippen LogP contribution in [0.5, 0.6) is 11.5 Å². The Bertz CT molecular complexity index is 849. The number of furan rings is 1. The van der Waals surface area contributed by atoms with Crippen molar-refractivity contribution in [2.24, 2.45) is 0 Å². The number of carbonyl (C=O) groups excluding carboxylic acids is 1. The van der Waals surface area contributed by atoms with E-state index in [2.05, 4.69) is 5.32 Å². The largest absolute Gasteiger partial charge is 0.493 e. The van der Waals surface area contributed by atoms with Crippen LogP contribution < -0.4 is 14.8 Å². The minimum absolute atomic E-state index is 0.0992. The Hall–Kier alpha value is -3.73. The van der Waals surface area contributed by atoms with E-state index in [9.17, 15) is 14.9 Å². The number of methoxy groups -OCH3 is 1. The number of nitriles is 1. The van der Waals surface area contributed by atoms with Gasteiger partial charge >= 0.3 is 5.97 Å². The van der Waals surface area contributed by atoms with Gasteiger partial charge in [-0.05, 0) is 35.9 Å². The lowest BCUT2D eigenvalue weighted by Gasteiger charge is -2.10. The molecule has 1 aromatic heterocycles. The Labute approximate surface area is 149 Å². The van der Waals surface area contributed by atoms with E-state index in [-0.39, 0.29) is 23.6 Å². The minimum atomic E-state index is -1.11. The molecule has 1 heterocycles. The summed E-state index contributed by atoms with van der Waals surface area (Å²) in [6.07, 6.45) is 2.88. The molecule has 2 N–H and O–H groups in total. The van der Waals surface area contributed by atoms with Crippen LogP contribution in [0.15, 0.2) is 46.6 Å². The number of carbonyl (C=O) groups is 2. The van der Waals surface area contributed by atoms with Gasteiger partial charge in [-0.2, -0.15) is 5.26 Å². The smallest absolute Gasteiger partial charge is 0.341 e. The number of hydrogen-bond donors (Lipinski definition) is 2. The zero-order chi connectivity index (χ0) is 18.9. The lowest BCUT2D eigenvalue weighted by atomic mass is 10.1. The van der Waals surface area contributed by atoms with Gasteiger partial charge in [-0.15, -0.1) is 0 Å². The van der Waals surface area contributed by atoms with E-state index in [1.807, 2.05) is 6.07 Å². The highest BCUT2D eigenvalue weighted by Gasteiger charge is 2.11. The molecule has 0 spiro atoms. The number of benzene rings is 1. The maximum atomic E-state index is 12.1. The molecule has 0 atom stereocenters. The van der Waals surface area contributed by atoms with Gasteiger partial charge in [0.1, 0.15) is 17.4 Å². The van der Waals surface area contributed by atoms with Gasteiger partial charge in [-0.25, -0.2) is 4.79 Å². The number of nitrogens with one attached hydrogen (secondary N) is 1. The summed E-state index contributed by atoms with van der Waals surface area (Å²) in [6.45, 7) is -0.347. The van der Waals surface area contributed by atoms with Gasteiger partial charge in [0.2, 0.25) is 0 Å². The second-order valence-corrected chi connectivity index (χ2v) is 5.02. The maximum Gasteiger partial charge on any atom is 0.341 e. The van der Waals surface area contributed by atoms with Crippen molar-refractivity contribution in [2.45, 2.75) is 6.54 Å². The number of carboxylic acids is 1. The lowest BCUT2D eigenvalue weighted by Crippen LogP contribution is -2.23. The highest BCUT2D eigenvalue weighted by molar-refractivity contribution is 6.01. The molecule has 2 aromatic rings. The molecule has 0 saturated carbocycles. The normalized spacial score (nSPS) is 10.7. The van der Waals surface area contributed by atoms with Crippen LogP contribution in [0.1, 0.15) is 11.3 Å². The van der Waals surface area contributed by atoms with Gasteiger partial charge in [0, 0.05) is 0 Å². The molecule has 0 fully saturated rings. The fourth-order valence-corrected chi connectivity index (χ4v) is 2.02. The van der Waals surface area contributed by atoms with Gasteiger partial charge in [-0.3, -0.25) is 4.79 Å². The molecular weight excluding hydrogens is 340 g/mol. The van der Waals surface area contributed by atoms with E-state index in [0.717, 1.165) is 0 Å². The van der Waals surface area contributed by atoms with Crippen LogP contribution in [0, 0.1) is 11.3 Å². The maximum absolute atomic E-state index is 12.1. The third-order valence-electron chi connectivity index (χ3n) is 3.22. The first-order valence-electron chi connectivity index (χ1n) is 7.48. The molecule has 0 bridgehead atoms. The van der Waals surface area contributed by atoms with Crippen LogP contribution in [0.4, 0.5) is 0 Å². The molecule has 8 nitrogen and oxygen atoms in total. The topological polar surface area (TPSA) is 122 Å². The molecule has 0 aliphatic heterocycles. The Balaban J connectivity index is 2.13. The van der Waals surface area contributed by atoms with Crippen LogP contribution in [0.2, 0.25) is 0 Å². The van der Waals surface area contributed by atoms with Crippen LogP contribution >= 0.6 is 0 Å². The Morgan fingerprint density at radius 3 is 2.77 bits per heavy atom. The summed E-state index contributed by atoms with van der Waals surface area (Å²) in [7, 11) is 1.40. The number of ether oxygens (including phenoxy) is 2. The second kappa shape index (κ2) is 8.94. The van der Waals surface area contributed by atoms with Gasteiger partial charge in [0.15, 0.2) is 18.1 Å². The van der Waals surface area contributed by atoms with E-state index >= 15 is 0 Å². The first kappa shape index (κ1) is 18.6. The number of carboxylic acid groups (broad SMARTS) is 1. The average molecular weight is 356 g/mol. The first-order chi connectivity index (χ1) is 12.5. The Morgan fingerprint density at radius 2 is 2.15 bits per heavy atom. The molecule has 0 saturated heterocycles. The zero-order valence-electron chi connectivity index (χ0n) is 13.9. The van der Waals surface area contributed by atoms with E-state index in [1.165, 1.54) is 31.6 Å². The summed E-state index contributed by atoms with van der Waals surface area (Å²) in [6, 6.07) is 9.86. The van der Waals surface area contributed by atoms with Crippen molar-refractivity contribution in [3.05, 3.63) is 53.5 Å². The molecule has 1 aromatic carbocycles. The Kier molecular flexibility index (Phi) is 6.40. The average Bonchev–Trinajstić information content (AvgIpc) is 3.16. The summed E-state index contributed by atoms with van der Waals surface area (Å²) in [4.78, 5) is 22.7. The molecule has 1 amide bonds. The fourth-order valence-electron chi connectivity index (χ4n) is 2.02. The Morgan fingerprint density at radius 1 is 1.35 bits per heavy atom. The van der Waals surface area contributed by atoms with Crippen LogP contribution in [0.3, 0.4) is 0 Å². The molecular formula is C18H16N2O6. The predicted octanol–water partition coefficient (Wildman–Crippen LogP) is 1.97. The molecule has 8 heteroatoms. The molecule has 0 aliphatic rings. The zero-order valence-corrected chi connectivity index (χ0v) is 13.9. The van der Waals surface area contributed by atoms with Crippen molar-refractivity contribution in [1.29, 1.82) is 5.26 Å². The standard InChI is InChI=1S/C18H16N2O6/c1-24-16-8-12(4-5-15(16)26-11-17(21)22)7-13(9-19)18(23)20-10-14-3-2-6-25-14/h2-8H,10-11H2,1H3,(H,20,23)(H,21,22). The van der Waals surface area contributed by atoms with E-state index in [0.29, 0.717) is 11.3 Å². The number of hydrogen-bond acceptors (Lipinski definition) is 6. The lowest BCUT2D eigenvalue weighted by molar-refractivity contribution is -0.139. The summed E-state index contributed by atoms with van der Waals surface area (Å²) < 4.78 is 15.4. The first-order valence-corrected chi connectivity index (χ1v) is 7.48. The van der Waals surface area contributed by atoms with E-state index in [1.54, 1.807) is 18.2 Å². The van der Waals surface area contributed by atoms with Crippen LogP contribution in [-0.2, 0) is 16.1 Å². The summed E-state index contributed by atoms with van der Waals surface area (Å²) in [5.41, 5.74) is 0.423. The van der Waals surface area contributed by atoms with E-state index < -0.39 is 18.5 Å². The molecule has 0 aliphatic carbocycles. The van der Waals surface area contributed by atoms with Crippen molar-refractivity contribution in [1.82, 2.24) is 5.32 Å². The SMILES string of the molecule is COc1cc(C=C(C#N)C(=O)NCc2ccco2)ccc1OCC(=O)O. The van der Waals surface area contributed by atoms with Gasteiger partial charge in [-0.1, -0.05) is 6.07 Å². The molecule has 0 radical (unpaired) electrons. The van der Waals surface area contributed by atoms with Crippen LogP contribution in [0.25, 0.3) is 6.08 Å². The molecule has 0 unspecified atom stereocenters. The summed E-state index contributed by atoms with van der Waals surface area (Å²) >= 11 is 0. The van der Waals surface area contributed by atoms with Crippen molar-refractivity contribution < 1.29 is 28.6 Å². The van der Waals surface area contributed by atoms with Crippen LogP contribution in [-0.4, -0.2) is 30.7 Å². The predicted molar refractivity (Wildman–Crippen MR) is 90.3 cm³/mol. The second-order valence-electron chi connectivity index (χ2n) is 5.02. The van der Waals surface area contributed by atoms with Crippen molar-refractivity contribution in [3.63, 3.8) is 0 Å². The van der Waals surface area contributed by atoms with Crippen molar-refractivity contribution in [2.75, 3.05) is 13.7 Å². The fraction of sp³-hybridized carbons (Fsp3) is 0.167. The highest BCUT2D eigenvalue weighted by Crippen LogP contribution is 2.29. The van der Waals surface area contributed by atoms with Crippen molar-refractivity contribution >= 4 is 18.0 Å². The third kappa shape index (κ3) is 5.14. The van der Waals surface area contributed by atoms with Gasteiger partial charge in [0.05, 0.1) is 19.9 Å². The number of rotatable bonds is 8. The number of amides is 1. The summed E-state index contributed by atoms with van der Waals surface area (Å²) in [5, 5.41) is 20.5. The number of aliphatic carboxylic acids is 1. The molecule has 26 heavy (non-hydrogen) atoms. The monoisotopic (exact) mass is 356 g/mol. The van der Waals surface area contributed by atoms with E-state index in [4.69, 9.17) is 19.0 Å². The number of nitrogens with zero attached hydrogens (tertiary/aromatic N) is 1. The quantitative estimate of drug-likeness (QED) is 0.548. The summed E-state index contributed by atoms with van der Waals surface area (Å²) in [5.74, 6) is -0.566. The van der Waals surface area contributed by atoms with Gasteiger partial charge in [0.25, 0.3) is 5.91 Å². The van der Waals surface area contributed by atoms with Gasteiger partial charge < -0.3 is 24.3 Å². The van der Waals surface area contributed by atoms with Crippen molar-refractivity contribution in [3.8, 4) is 17.6 Å².